The summed E-state index contributed by atoms with van der Waals surface area (Å²) >= 11 is 6.13. The number of aromatic nitrogens is 2. The molecular weight excluding hydrogens is 380 g/mol. The van der Waals surface area contributed by atoms with Crippen LogP contribution in [0.4, 0.5) is 11.6 Å². The molecule has 2 aromatic carbocycles. The molecule has 1 amide bonds. The number of fused-ring (bicyclic) bond motifs is 1. The Hall–Kier alpha value is -3.32. The number of carbonyl (C=O) groups excluding carboxylic acids is 1. The number of benzene rings is 2. The third-order valence-electron chi connectivity index (χ3n) is 4.21. The molecule has 0 aliphatic carbocycles. The maximum Gasteiger partial charge on any atom is 0.270 e. The average molecular weight is 397 g/mol. The number of rotatable bonds is 5. The van der Waals surface area contributed by atoms with E-state index in [-0.39, 0.29) is 18.4 Å². The minimum Gasteiger partial charge on any atom is -0.454 e. The Kier molecular flexibility index (Phi) is 4.99. The van der Waals surface area contributed by atoms with Crippen LogP contribution in [0.2, 0.25) is 5.02 Å². The van der Waals surface area contributed by atoms with Gasteiger partial charge in [0.05, 0.1) is 0 Å². The Morgan fingerprint density at radius 3 is 2.86 bits per heavy atom. The van der Waals surface area contributed by atoms with E-state index in [9.17, 15) is 4.79 Å². The first-order valence-electron chi connectivity index (χ1n) is 8.61. The zero-order valence-corrected chi connectivity index (χ0v) is 15.8. The van der Waals surface area contributed by atoms with Gasteiger partial charge in [0.15, 0.2) is 11.5 Å². The molecule has 28 heavy (non-hydrogen) atoms. The second-order valence-electron chi connectivity index (χ2n) is 6.22. The minimum atomic E-state index is -0.301. The van der Waals surface area contributed by atoms with Crippen LogP contribution in [0, 0.1) is 6.92 Å². The molecule has 0 saturated heterocycles. The molecule has 1 aliphatic heterocycles. The number of amides is 1. The van der Waals surface area contributed by atoms with Crippen molar-refractivity contribution in [2.75, 3.05) is 12.1 Å². The van der Waals surface area contributed by atoms with Gasteiger partial charge in [-0.05, 0) is 48.4 Å². The van der Waals surface area contributed by atoms with Gasteiger partial charge >= 0.3 is 0 Å². The van der Waals surface area contributed by atoms with Crippen molar-refractivity contribution in [3.8, 4) is 11.5 Å². The van der Waals surface area contributed by atoms with E-state index in [1.54, 1.807) is 12.1 Å². The molecule has 0 saturated carbocycles. The van der Waals surface area contributed by atoms with Crippen molar-refractivity contribution in [2.24, 2.45) is 0 Å². The van der Waals surface area contributed by atoms with Gasteiger partial charge in [-0.1, -0.05) is 23.7 Å². The topological polar surface area (TPSA) is 85.4 Å². The fourth-order valence-corrected chi connectivity index (χ4v) is 2.85. The number of hydrogen-bond acceptors (Lipinski definition) is 6. The standard InChI is InChI=1S/C20H17ClN4O3/c1-12-2-4-14(9-15(12)21)24-20-22-7-6-16(25-20)19(26)23-10-13-3-5-17-18(8-13)28-11-27-17/h2-9H,10-11H2,1H3,(H,23,26)(H,22,24,25). The first kappa shape index (κ1) is 18.1. The zero-order chi connectivity index (χ0) is 19.5. The lowest BCUT2D eigenvalue weighted by atomic mass is 10.2. The maximum absolute atomic E-state index is 12.4. The molecule has 0 radical (unpaired) electrons. The minimum absolute atomic E-state index is 0.216. The molecule has 0 fully saturated rings. The third kappa shape index (κ3) is 3.99. The van der Waals surface area contributed by atoms with Crippen molar-refractivity contribution in [3.63, 3.8) is 0 Å². The normalized spacial score (nSPS) is 11.9. The van der Waals surface area contributed by atoms with Gasteiger partial charge in [0.25, 0.3) is 5.91 Å². The lowest BCUT2D eigenvalue weighted by molar-refractivity contribution is 0.0946. The summed E-state index contributed by atoms with van der Waals surface area (Å²) in [6.45, 7) is 2.48. The van der Waals surface area contributed by atoms with E-state index in [0.717, 1.165) is 16.8 Å². The highest BCUT2D eigenvalue weighted by atomic mass is 35.5. The van der Waals surface area contributed by atoms with Crippen LogP contribution < -0.4 is 20.1 Å². The first-order chi connectivity index (χ1) is 13.6. The van der Waals surface area contributed by atoms with Crippen molar-refractivity contribution in [1.82, 2.24) is 15.3 Å². The number of nitrogens with zero attached hydrogens (tertiary/aromatic N) is 2. The summed E-state index contributed by atoms with van der Waals surface area (Å²) in [5.41, 5.74) is 2.88. The first-order valence-corrected chi connectivity index (χ1v) is 8.99. The fraction of sp³-hybridized carbons (Fsp3) is 0.150. The number of ether oxygens (including phenoxy) is 2. The second kappa shape index (κ2) is 7.74. The van der Waals surface area contributed by atoms with Crippen LogP contribution in [0.1, 0.15) is 21.6 Å². The molecule has 8 heteroatoms. The molecule has 7 nitrogen and oxygen atoms in total. The van der Waals surface area contributed by atoms with E-state index >= 15 is 0 Å². The summed E-state index contributed by atoms with van der Waals surface area (Å²) in [6, 6.07) is 12.7. The Morgan fingerprint density at radius 2 is 2.00 bits per heavy atom. The van der Waals surface area contributed by atoms with E-state index in [2.05, 4.69) is 20.6 Å². The van der Waals surface area contributed by atoms with Crippen LogP contribution in [-0.2, 0) is 6.54 Å². The van der Waals surface area contributed by atoms with Crippen molar-refractivity contribution >= 4 is 29.1 Å². The molecule has 0 bridgehead atoms. The van der Waals surface area contributed by atoms with Crippen LogP contribution in [-0.4, -0.2) is 22.7 Å². The number of anilines is 2. The van der Waals surface area contributed by atoms with Crippen molar-refractivity contribution < 1.29 is 14.3 Å². The van der Waals surface area contributed by atoms with Gasteiger partial charge in [-0.2, -0.15) is 0 Å². The van der Waals surface area contributed by atoms with E-state index in [0.29, 0.717) is 29.0 Å². The smallest absolute Gasteiger partial charge is 0.270 e. The Labute approximate surface area is 166 Å². The Balaban J connectivity index is 1.41. The van der Waals surface area contributed by atoms with E-state index in [4.69, 9.17) is 21.1 Å². The number of nitrogens with one attached hydrogen (secondary N) is 2. The predicted molar refractivity (Wildman–Crippen MR) is 105 cm³/mol. The van der Waals surface area contributed by atoms with Gasteiger partial charge in [-0.25, -0.2) is 9.97 Å². The van der Waals surface area contributed by atoms with Crippen LogP contribution in [0.15, 0.2) is 48.7 Å². The molecule has 142 valence electrons. The van der Waals surface area contributed by atoms with Crippen molar-refractivity contribution in [3.05, 3.63) is 70.5 Å². The summed E-state index contributed by atoms with van der Waals surface area (Å²) in [5.74, 6) is 1.40. The van der Waals surface area contributed by atoms with Gasteiger partial charge in [-0.3, -0.25) is 4.79 Å². The third-order valence-corrected chi connectivity index (χ3v) is 4.61. The quantitative estimate of drug-likeness (QED) is 0.681. The van der Waals surface area contributed by atoms with Crippen molar-refractivity contribution in [1.29, 1.82) is 0 Å². The Bertz CT molecular complexity index is 1040. The molecule has 0 atom stereocenters. The molecule has 1 aliphatic rings. The van der Waals surface area contributed by atoms with Gasteiger partial charge in [0.2, 0.25) is 12.7 Å². The largest absolute Gasteiger partial charge is 0.454 e. The number of carbonyl (C=O) groups is 1. The highest BCUT2D eigenvalue weighted by molar-refractivity contribution is 6.31. The monoisotopic (exact) mass is 396 g/mol. The lowest BCUT2D eigenvalue weighted by Crippen LogP contribution is -2.24. The fourth-order valence-electron chi connectivity index (χ4n) is 2.67. The lowest BCUT2D eigenvalue weighted by Gasteiger charge is -2.09. The summed E-state index contributed by atoms with van der Waals surface area (Å²) in [7, 11) is 0. The number of halogens is 1. The van der Waals surface area contributed by atoms with E-state index in [1.807, 2.05) is 37.3 Å². The molecule has 2 heterocycles. The molecule has 0 unspecified atom stereocenters. The second-order valence-corrected chi connectivity index (χ2v) is 6.63. The Morgan fingerprint density at radius 1 is 1.14 bits per heavy atom. The van der Waals surface area contributed by atoms with Gasteiger partial charge in [0, 0.05) is 23.5 Å². The molecule has 4 rings (SSSR count). The van der Waals surface area contributed by atoms with Crippen LogP contribution in [0.25, 0.3) is 0 Å². The molecule has 0 spiro atoms. The maximum atomic E-state index is 12.4. The van der Waals surface area contributed by atoms with Crippen molar-refractivity contribution in [2.45, 2.75) is 13.5 Å². The molecule has 1 aromatic heterocycles. The van der Waals surface area contributed by atoms with Crippen LogP contribution in [0.5, 0.6) is 11.5 Å². The predicted octanol–water partition coefficient (Wildman–Crippen LogP) is 3.84. The van der Waals surface area contributed by atoms with E-state index in [1.165, 1.54) is 6.20 Å². The summed E-state index contributed by atoms with van der Waals surface area (Å²) < 4.78 is 10.6. The zero-order valence-electron chi connectivity index (χ0n) is 15.0. The molecule has 2 N–H and O–H groups in total. The molecule has 3 aromatic rings. The van der Waals surface area contributed by atoms with Gasteiger partial charge in [0.1, 0.15) is 5.69 Å². The SMILES string of the molecule is Cc1ccc(Nc2nccc(C(=O)NCc3ccc4c(c3)OCO4)n2)cc1Cl. The van der Waals surface area contributed by atoms with Gasteiger partial charge < -0.3 is 20.1 Å². The van der Waals surface area contributed by atoms with Crippen LogP contribution in [0.3, 0.4) is 0 Å². The summed E-state index contributed by atoms with van der Waals surface area (Å²) in [6.07, 6.45) is 1.53. The molecular formula is C20H17ClN4O3. The van der Waals surface area contributed by atoms with Crippen LogP contribution >= 0.6 is 11.6 Å². The number of aryl methyl sites for hydroxylation is 1. The highest BCUT2D eigenvalue weighted by Gasteiger charge is 2.14. The van der Waals surface area contributed by atoms with E-state index < -0.39 is 0 Å². The number of hydrogen-bond donors (Lipinski definition) is 2. The van der Waals surface area contributed by atoms with Gasteiger partial charge in [-0.15, -0.1) is 0 Å². The highest BCUT2D eigenvalue weighted by Crippen LogP contribution is 2.32. The summed E-state index contributed by atoms with van der Waals surface area (Å²) in [4.78, 5) is 20.9. The average Bonchev–Trinajstić information content (AvgIpc) is 3.17. The summed E-state index contributed by atoms with van der Waals surface area (Å²) in [5, 5.41) is 6.53.